The molecule has 7 heteroatoms. The summed E-state index contributed by atoms with van der Waals surface area (Å²) in [4.78, 5) is 14.2. The van der Waals surface area contributed by atoms with Crippen LogP contribution in [0.2, 0.25) is 5.02 Å². The molecule has 0 amide bonds. The van der Waals surface area contributed by atoms with Gasteiger partial charge in [0, 0.05) is 19.6 Å². The number of carboxylic acid groups (broad SMARTS) is 1. The number of aryl methyl sites for hydroxylation is 2. The first kappa shape index (κ1) is 19.9. The van der Waals surface area contributed by atoms with Gasteiger partial charge in [-0.25, -0.2) is 0 Å². The minimum Gasteiger partial charge on any atom is -0.481 e. The number of rotatable bonds is 7. The maximum Gasteiger partial charge on any atom is 0.313 e. The summed E-state index contributed by atoms with van der Waals surface area (Å²) in [5.74, 6) is -0.933. The fourth-order valence-electron chi connectivity index (χ4n) is 3.90. The van der Waals surface area contributed by atoms with Crippen LogP contribution in [0.4, 0.5) is 0 Å². The molecule has 2 heterocycles. The number of carbonyl (C=O) groups is 1. The van der Waals surface area contributed by atoms with Crippen LogP contribution in [0.25, 0.3) is 0 Å². The molecule has 1 saturated heterocycles. The third-order valence-corrected chi connectivity index (χ3v) is 6.04. The lowest BCUT2D eigenvalue weighted by atomic mass is 9.73. The predicted molar refractivity (Wildman–Crippen MR) is 104 cm³/mol. The average molecular weight is 392 g/mol. The van der Waals surface area contributed by atoms with E-state index in [4.69, 9.17) is 11.6 Å². The van der Waals surface area contributed by atoms with Crippen LogP contribution in [0.1, 0.15) is 36.2 Å². The molecule has 3 rings (SSSR count). The minimum absolute atomic E-state index is 0.292. The fraction of sp³-hybridized carbons (Fsp3) is 0.500. The summed E-state index contributed by atoms with van der Waals surface area (Å²) in [6, 6.07) is 10.0. The van der Waals surface area contributed by atoms with Gasteiger partial charge in [0.25, 0.3) is 0 Å². The van der Waals surface area contributed by atoms with Crippen molar-refractivity contribution < 1.29 is 15.0 Å². The second-order valence-electron chi connectivity index (χ2n) is 7.42. The summed E-state index contributed by atoms with van der Waals surface area (Å²) in [5.41, 5.74) is 1.54. The Labute approximate surface area is 164 Å². The summed E-state index contributed by atoms with van der Waals surface area (Å²) < 4.78 is 0. The molecule has 0 radical (unpaired) electrons. The number of hydrogen-bond donors (Lipinski definition) is 3. The molecule has 0 aliphatic carbocycles. The second-order valence-corrected chi connectivity index (χ2v) is 7.80. The molecule has 3 N–H and O–H groups in total. The molecule has 1 aromatic heterocycles. The number of aliphatic carboxylic acids is 1. The molecule has 2 atom stereocenters. The van der Waals surface area contributed by atoms with E-state index in [1.807, 2.05) is 42.2 Å². The number of aromatic nitrogens is 2. The number of halogens is 1. The van der Waals surface area contributed by atoms with Gasteiger partial charge in [-0.05, 0) is 38.2 Å². The highest BCUT2D eigenvalue weighted by atomic mass is 35.5. The van der Waals surface area contributed by atoms with Crippen LogP contribution in [0.15, 0.2) is 30.3 Å². The third-order valence-electron chi connectivity index (χ3n) is 5.53. The van der Waals surface area contributed by atoms with Gasteiger partial charge >= 0.3 is 5.97 Å². The zero-order valence-corrected chi connectivity index (χ0v) is 16.2. The molecule has 0 saturated carbocycles. The molecule has 1 aliphatic heterocycles. The van der Waals surface area contributed by atoms with E-state index in [9.17, 15) is 15.0 Å². The van der Waals surface area contributed by atoms with E-state index >= 15 is 0 Å². The van der Waals surface area contributed by atoms with Crippen LogP contribution in [0, 0.1) is 12.3 Å². The Morgan fingerprint density at radius 1 is 1.41 bits per heavy atom. The molecule has 1 aliphatic rings. The van der Waals surface area contributed by atoms with Gasteiger partial charge in [0.1, 0.15) is 5.41 Å². The van der Waals surface area contributed by atoms with Crippen molar-refractivity contribution in [3.8, 4) is 0 Å². The quantitative estimate of drug-likeness (QED) is 0.675. The summed E-state index contributed by atoms with van der Waals surface area (Å²) in [7, 11) is 0. The van der Waals surface area contributed by atoms with E-state index in [2.05, 4.69) is 10.2 Å². The minimum atomic E-state index is -1.16. The molecule has 1 aromatic carbocycles. The molecule has 146 valence electrons. The average Bonchev–Trinajstić information content (AvgIpc) is 2.97. The number of aliphatic hydroxyl groups is 1. The molecule has 2 aromatic rings. The van der Waals surface area contributed by atoms with Gasteiger partial charge in [0.05, 0.1) is 22.5 Å². The van der Waals surface area contributed by atoms with Crippen molar-refractivity contribution in [2.24, 2.45) is 5.41 Å². The van der Waals surface area contributed by atoms with Crippen LogP contribution in [-0.2, 0) is 17.8 Å². The lowest BCUT2D eigenvalue weighted by Gasteiger charge is -2.43. The number of hydrogen-bond acceptors (Lipinski definition) is 4. The molecule has 1 fully saturated rings. The number of aliphatic hydroxyl groups excluding tert-OH is 1. The van der Waals surface area contributed by atoms with Gasteiger partial charge in [-0.3, -0.25) is 14.8 Å². The molecule has 0 bridgehead atoms. The molecular formula is C20H26ClN3O3. The molecule has 0 spiro atoms. The first-order valence-corrected chi connectivity index (χ1v) is 9.67. The molecule has 27 heavy (non-hydrogen) atoms. The number of nitrogens with zero attached hydrogens (tertiary/aromatic N) is 2. The normalized spacial score (nSPS) is 23.4. The van der Waals surface area contributed by atoms with E-state index < -0.39 is 17.5 Å². The van der Waals surface area contributed by atoms with Gasteiger partial charge in [-0.1, -0.05) is 41.9 Å². The predicted octanol–water partition coefficient (Wildman–Crippen LogP) is 3.03. The zero-order valence-electron chi connectivity index (χ0n) is 15.5. The number of piperidine rings is 1. The van der Waals surface area contributed by atoms with E-state index in [1.165, 1.54) is 5.56 Å². The van der Waals surface area contributed by atoms with Crippen molar-refractivity contribution in [1.82, 2.24) is 15.1 Å². The number of carboxylic acids is 1. The monoisotopic (exact) mass is 391 g/mol. The maximum absolute atomic E-state index is 12.2. The van der Waals surface area contributed by atoms with Crippen molar-refractivity contribution in [3.05, 3.63) is 52.3 Å². The lowest BCUT2D eigenvalue weighted by molar-refractivity contribution is -0.164. The van der Waals surface area contributed by atoms with Crippen molar-refractivity contribution in [1.29, 1.82) is 0 Å². The summed E-state index contributed by atoms with van der Waals surface area (Å²) in [6.07, 6.45) is 1.52. The maximum atomic E-state index is 12.2. The van der Waals surface area contributed by atoms with Gasteiger partial charge in [-0.15, -0.1) is 0 Å². The number of nitrogens with one attached hydrogen (secondary N) is 1. The van der Waals surface area contributed by atoms with Crippen molar-refractivity contribution in [2.75, 3.05) is 13.1 Å². The summed E-state index contributed by atoms with van der Waals surface area (Å²) in [6.45, 7) is 3.24. The van der Waals surface area contributed by atoms with E-state index in [-0.39, 0.29) is 0 Å². The fourth-order valence-corrected chi connectivity index (χ4v) is 4.04. The van der Waals surface area contributed by atoms with Gasteiger partial charge in [-0.2, -0.15) is 5.10 Å². The highest BCUT2D eigenvalue weighted by Crippen LogP contribution is 2.37. The van der Waals surface area contributed by atoms with Crippen LogP contribution in [-0.4, -0.2) is 50.5 Å². The van der Waals surface area contributed by atoms with Gasteiger partial charge in [0.15, 0.2) is 0 Å². The number of likely N-dealkylation sites (tertiary alicyclic amines) is 1. The Balaban J connectivity index is 1.69. The third kappa shape index (κ3) is 4.34. The lowest BCUT2D eigenvalue weighted by Crippen LogP contribution is -2.55. The van der Waals surface area contributed by atoms with E-state index in [0.717, 1.165) is 12.1 Å². The van der Waals surface area contributed by atoms with E-state index in [0.29, 0.717) is 49.6 Å². The van der Waals surface area contributed by atoms with Crippen molar-refractivity contribution in [3.63, 3.8) is 0 Å². The molecule has 6 nitrogen and oxygen atoms in total. The standard InChI is InChI=1S/C20H26ClN3O3/c1-14-18(21)16(23-22-14)12-24-11-9-17(25)20(13-24,19(26)27)10-5-8-15-6-3-2-4-7-15/h2-4,6-7,17,25H,5,8-13H2,1H3,(H,22,23)(H,26,27)/t17-,20+/m0/s1. The van der Waals surface area contributed by atoms with Crippen molar-refractivity contribution >= 4 is 17.6 Å². The van der Waals surface area contributed by atoms with Crippen LogP contribution in [0.5, 0.6) is 0 Å². The Bertz CT molecular complexity index is 780. The Kier molecular flexibility index (Phi) is 6.19. The topological polar surface area (TPSA) is 89.5 Å². The Morgan fingerprint density at radius 3 is 2.78 bits per heavy atom. The first-order chi connectivity index (χ1) is 12.9. The van der Waals surface area contributed by atoms with Gasteiger partial charge < -0.3 is 10.2 Å². The zero-order chi connectivity index (χ0) is 19.4. The van der Waals surface area contributed by atoms with Crippen LogP contribution >= 0.6 is 11.6 Å². The van der Waals surface area contributed by atoms with Gasteiger partial charge in [0.2, 0.25) is 0 Å². The SMILES string of the molecule is Cc1[nH]nc(CN2CC[C@H](O)[C@](CCCc3ccccc3)(C(=O)O)C2)c1Cl. The summed E-state index contributed by atoms with van der Waals surface area (Å²) >= 11 is 6.26. The van der Waals surface area contributed by atoms with Crippen LogP contribution < -0.4 is 0 Å². The number of benzene rings is 1. The number of H-pyrrole nitrogens is 1. The van der Waals surface area contributed by atoms with E-state index in [1.54, 1.807) is 0 Å². The van der Waals surface area contributed by atoms with Crippen molar-refractivity contribution in [2.45, 2.75) is 45.3 Å². The highest BCUT2D eigenvalue weighted by Gasteiger charge is 2.48. The van der Waals surface area contributed by atoms with Crippen LogP contribution in [0.3, 0.4) is 0 Å². The first-order valence-electron chi connectivity index (χ1n) is 9.29. The highest BCUT2D eigenvalue weighted by molar-refractivity contribution is 6.31. The smallest absolute Gasteiger partial charge is 0.313 e. The molecular weight excluding hydrogens is 366 g/mol. The Hall–Kier alpha value is -1.89. The number of aromatic amines is 1. The summed E-state index contributed by atoms with van der Waals surface area (Å²) in [5, 5.41) is 28.2. The molecule has 0 unspecified atom stereocenters. The largest absolute Gasteiger partial charge is 0.481 e. The second kappa shape index (κ2) is 8.42. The Morgan fingerprint density at radius 2 is 2.15 bits per heavy atom.